The summed E-state index contributed by atoms with van der Waals surface area (Å²) >= 11 is 0. The molecule has 0 aliphatic rings. The predicted molar refractivity (Wildman–Crippen MR) is 94.9 cm³/mol. The van der Waals surface area contributed by atoms with Crippen LogP contribution in [-0.2, 0) is 6.54 Å². The molecule has 1 amide bonds. The lowest BCUT2D eigenvalue weighted by Gasteiger charge is -2.05. The maximum atomic E-state index is 12.4. The van der Waals surface area contributed by atoms with Crippen LogP contribution in [0.15, 0.2) is 77.6 Å². The highest BCUT2D eigenvalue weighted by molar-refractivity contribution is 6.00. The molecule has 2 heterocycles. The summed E-state index contributed by atoms with van der Waals surface area (Å²) in [5.74, 6) is 0.517. The second-order valence-electron chi connectivity index (χ2n) is 5.65. The van der Waals surface area contributed by atoms with Crippen LogP contribution in [0.1, 0.15) is 15.9 Å². The molecule has 2 aromatic carbocycles. The van der Waals surface area contributed by atoms with E-state index in [2.05, 4.69) is 15.5 Å². The van der Waals surface area contributed by atoms with Gasteiger partial charge < -0.3 is 9.84 Å². The Balaban J connectivity index is 1.61. The average molecular weight is 329 g/mol. The van der Waals surface area contributed by atoms with Crippen molar-refractivity contribution < 1.29 is 9.32 Å². The van der Waals surface area contributed by atoms with Crippen molar-refractivity contribution in [3.05, 3.63) is 84.2 Å². The molecule has 5 nitrogen and oxygen atoms in total. The number of nitrogens with one attached hydrogen (secondary N) is 1. The number of carbonyl (C=O) groups is 1. The fraction of sp³-hybridized carbons (Fsp3) is 0.0500. The Morgan fingerprint density at radius 1 is 1.04 bits per heavy atom. The van der Waals surface area contributed by atoms with Crippen LogP contribution in [0.25, 0.3) is 22.2 Å². The maximum absolute atomic E-state index is 12.4. The first-order valence-electron chi connectivity index (χ1n) is 7.93. The number of pyridine rings is 1. The molecule has 0 fully saturated rings. The van der Waals surface area contributed by atoms with Crippen LogP contribution in [0.3, 0.4) is 0 Å². The summed E-state index contributed by atoms with van der Waals surface area (Å²) < 4.78 is 5.48. The molecule has 0 aliphatic carbocycles. The summed E-state index contributed by atoms with van der Waals surface area (Å²) in [4.78, 5) is 16.5. The molecule has 25 heavy (non-hydrogen) atoms. The van der Waals surface area contributed by atoms with E-state index in [1.807, 2.05) is 48.5 Å². The van der Waals surface area contributed by atoms with Gasteiger partial charge in [-0.25, -0.2) is 0 Å². The van der Waals surface area contributed by atoms with E-state index in [4.69, 9.17) is 4.52 Å². The molecule has 0 aliphatic heterocycles. The molecule has 0 spiro atoms. The van der Waals surface area contributed by atoms with E-state index in [0.29, 0.717) is 17.9 Å². The predicted octanol–water partition coefficient (Wildman–Crippen LogP) is 3.82. The highest BCUT2D eigenvalue weighted by Crippen LogP contribution is 2.29. The third-order valence-corrected chi connectivity index (χ3v) is 3.95. The Hall–Kier alpha value is -3.47. The quantitative estimate of drug-likeness (QED) is 0.618. The molecule has 0 saturated heterocycles. The van der Waals surface area contributed by atoms with E-state index in [9.17, 15) is 4.79 Å². The van der Waals surface area contributed by atoms with Crippen molar-refractivity contribution in [3.63, 3.8) is 0 Å². The van der Waals surface area contributed by atoms with Crippen molar-refractivity contribution in [2.75, 3.05) is 0 Å². The molecule has 0 atom stereocenters. The number of fused-ring (bicyclic) bond motifs is 1. The van der Waals surface area contributed by atoms with Gasteiger partial charge in [-0.15, -0.1) is 0 Å². The number of carbonyl (C=O) groups excluding carboxylic acids is 1. The molecule has 4 rings (SSSR count). The van der Waals surface area contributed by atoms with Crippen LogP contribution in [0, 0.1) is 0 Å². The lowest BCUT2D eigenvalue weighted by atomic mass is 10.1. The van der Waals surface area contributed by atoms with E-state index < -0.39 is 0 Å². The van der Waals surface area contributed by atoms with E-state index in [1.54, 1.807) is 24.5 Å². The van der Waals surface area contributed by atoms with Crippen LogP contribution in [0.2, 0.25) is 0 Å². The first kappa shape index (κ1) is 15.1. The second-order valence-corrected chi connectivity index (χ2v) is 5.65. The number of hydrogen-bond acceptors (Lipinski definition) is 4. The molecule has 0 radical (unpaired) electrons. The molecule has 2 aromatic heterocycles. The summed E-state index contributed by atoms with van der Waals surface area (Å²) in [6, 6.07) is 18.8. The normalized spacial score (nSPS) is 10.7. The van der Waals surface area contributed by atoms with E-state index >= 15 is 0 Å². The highest BCUT2D eigenvalue weighted by Gasteiger charge is 2.13. The number of amides is 1. The van der Waals surface area contributed by atoms with Crippen LogP contribution >= 0.6 is 0 Å². The van der Waals surface area contributed by atoms with Gasteiger partial charge in [-0.1, -0.05) is 41.6 Å². The number of rotatable bonds is 4. The Kier molecular flexibility index (Phi) is 3.96. The van der Waals surface area contributed by atoms with Crippen molar-refractivity contribution in [1.29, 1.82) is 0 Å². The first-order chi connectivity index (χ1) is 12.3. The van der Waals surface area contributed by atoms with Crippen molar-refractivity contribution in [3.8, 4) is 11.3 Å². The Morgan fingerprint density at radius 2 is 1.92 bits per heavy atom. The minimum Gasteiger partial charge on any atom is -0.355 e. The van der Waals surface area contributed by atoms with Crippen LogP contribution in [-0.4, -0.2) is 16.0 Å². The molecule has 122 valence electrons. The molecular formula is C20H15N3O2. The first-order valence-corrected chi connectivity index (χ1v) is 7.93. The third-order valence-electron chi connectivity index (χ3n) is 3.95. The van der Waals surface area contributed by atoms with E-state index in [1.165, 1.54) is 0 Å². The second kappa shape index (κ2) is 6.57. The third kappa shape index (κ3) is 3.12. The summed E-state index contributed by atoms with van der Waals surface area (Å²) in [6.45, 7) is 0.430. The Morgan fingerprint density at radius 3 is 2.72 bits per heavy atom. The van der Waals surface area contributed by atoms with Crippen molar-refractivity contribution >= 4 is 16.8 Å². The molecule has 1 N–H and O–H groups in total. The molecule has 5 heteroatoms. The van der Waals surface area contributed by atoms with Crippen molar-refractivity contribution in [1.82, 2.24) is 15.5 Å². The number of benzene rings is 2. The zero-order chi connectivity index (χ0) is 17.1. The molecular weight excluding hydrogens is 314 g/mol. The van der Waals surface area contributed by atoms with Gasteiger partial charge in [0.05, 0.1) is 5.39 Å². The largest absolute Gasteiger partial charge is 0.355 e. The fourth-order valence-electron chi connectivity index (χ4n) is 2.67. The summed E-state index contributed by atoms with van der Waals surface area (Å²) in [7, 11) is 0. The van der Waals surface area contributed by atoms with Crippen molar-refractivity contribution in [2.45, 2.75) is 6.54 Å². The van der Waals surface area contributed by atoms with Crippen LogP contribution < -0.4 is 5.32 Å². The minimum absolute atomic E-state index is 0.147. The molecule has 0 bridgehead atoms. The van der Waals surface area contributed by atoms with Gasteiger partial charge in [-0.05, 0) is 29.8 Å². The standard InChI is InChI=1S/C20H15N3O2/c24-20(22-13-14-5-4-10-21-12-14)16-8-9-18-17(11-16)19(25-23-18)15-6-2-1-3-7-15/h1-12H,13H2,(H,22,24). The minimum atomic E-state index is -0.147. The number of hydrogen-bond donors (Lipinski definition) is 1. The monoisotopic (exact) mass is 329 g/mol. The van der Waals surface area contributed by atoms with Gasteiger partial charge in [0.25, 0.3) is 5.91 Å². The molecule has 0 saturated carbocycles. The molecule has 0 unspecified atom stereocenters. The number of nitrogens with zero attached hydrogens (tertiary/aromatic N) is 2. The lowest BCUT2D eigenvalue weighted by Crippen LogP contribution is -2.22. The Bertz CT molecular complexity index is 1010. The van der Waals surface area contributed by atoms with Gasteiger partial charge in [0.1, 0.15) is 5.52 Å². The molecule has 4 aromatic rings. The van der Waals surface area contributed by atoms with Gasteiger partial charge in [0, 0.05) is 30.1 Å². The van der Waals surface area contributed by atoms with Gasteiger partial charge in [-0.3, -0.25) is 9.78 Å². The topological polar surface area (TPSA) is 68.0 Å². The average Bonchev–Trinajstić information content (AvgIpc) is 3.11. The maximum Gasteiger partial charge on any atom is 0.251 e. The van der Waals surface area contributed by atoms with Crippen LogP contribution in [0.4, 0.5) is 0 Å². The van der Waals surface area contributed by atoms with Crippen molar-refractivity contribution in [2.24, 2.45) is 0 Å². The SMILES string of the molecule is O=C(NCc1cccnc1)c1ccc2noc(-c3ccccc3)c2c1. The summed E-state index contributed by atoms with van der Waals surface area (Å²) in [6.07, 6.45) is 3.44. The van der Waals surface area contributed by atoms with Gasteiger partial charge in [0.15, 0.2) is 5.76 Å². The fourth-order valence-corrected chi connectivity index (χ4v) is 2.67. The van der Waals surface area contributed by atoms with Gasteiger partial charge in [0.2, 0.25) is 0 Å². The van der Waals surface area contributed by atoms with Gasteiger partial charge >= 0.3 is 0 Å². The van der Waals surface area contributed by atoms with E-state index in [0.717, 1.165) is 22.0 Å². The smallest absolute Gasteiger partial charge is 0.251 e. The number of aromatic nitrogens is 2. The zero-order valence-corrected chi connectivity index (χ0v) is 13.3. The summed E-state index contributed by atoms with van der Waals surface area (Å²) in [5, 5.41) is 7.80. The zero-order valence-electron chi connectivity index (χ0n) is 13.3. The lowest BCUT2D eigenvalue weighted by molar-refractivity contribution is 0.0951. The van der Waals surface area contributed by atoms with Crippen LogP contribution in [0.5, 0.6) is 0 Å². The Labute approximate surface area is 144 Å². The van der Waals surface area contributed by atoms with Gasteiger partial charge in [-0.2, -0.15) is 0 Å². The summed E-state index contributed by atoms with van der Waals surface area (Å²) in [5.41, 5.74) is 3.17. The highest BCUT2D eigenvalue weighted by atomic mass is 16.5. The van der Waals surface area contributed by atoms with E-state index in [-0.39, 0.29) is 5.91 Å².